The van der Waals surface area contributed by atoms with E-state index < -0.39 is 11.9 Å². The minimum Gasteiger partial charge on any atom is -0.481 e. The van der Waals surface area contributed by atoms with Gasteiger partial charge in [0.1, 0.15) is 0 Å². The maximum absolute atomic E-state index is 11.9. The van der Waals surface area contributed by atoms with E-state index in [9.17, 15) is 14.4 Å². The Morgan fingerprint density at radius 1 is 1.10 bits per heavy atom. The van der Waals surface area contributed by atoms with Crippen molar-refractivity contribution in [1.82, 2.24) is 10.2 Å². The van der Waals surface area contributed by atoms with Gasteiger partial charge >= 0.3 is 5.97 Å². The number of nitrogens with one attached hydrogen (secondary N) is 1. The molecule has 112 valence electrons. The fraction of sp³-hybridized carbons (Fsp3) is 0.786. The molecule has 0 bridgehead atoms. The maximum atomic E-state index is 11.9. The molecule has 6 nitrogen and oxygen atoms in total. The summed E-state index contributed by atoms with van der Waals surface area (Å²) in [6.07, 6.45) is 4.08. The van der Waals surface area contributed by atoms with Gasteiger partial charge in [0.05, 0.1) is 5.92 Å². The molecule has 20 heavy (non-hydrogen) atoms. The number of carboxylic acid groups (broad SMARTS) is 1. The molecule has 2 N–H and O–H groups in total. The number of hydrogen-bond donors (Lipinski definition) is 2. The molecule has 1 aliphatic carbocycles. The largest absolute Gasteiger partial charge is 0.481 e. The second kappa shape index (κ2) is 6.72. The van der Waals surface area contributed by atoms with Gasteiger partial charge in [-0.1, -0.05) is 0 Å². The minimum absolute atomic E-state index is 0.0950. The number of carboxylic acids is 1. The van der Waals surface area contributed by atoms with Crippen molar-refractivity contribution in [1.29, 1.82) is 0 Å². The van der Waals surface area contributed by atoms with E-state index in [0.717, 1.165) is 25.9 Å². The highest BCUT2D eigenvalue weighted by Gasteiger charge is 2.33. The zero-order valence-electron chi connectivity index (χ0n) is 11.6. The summed E-state index contributed by atoms with van der Waals surface area (Å²) in [5.74, 6) is -1.43. The lowest BCUT2D eigenvalue weighted by atomic mass is 10.0. The van der Waals surface area contributed by atoms with Gasteiger partial charge in [0, 0.05) is 32.0 Å². The Morgan fingerprint density at radius 3 is 2.35 bits per heavy atom. The molecule has 6 heteroatoms. The minimum atomic E-state index is -0.815. The lowest BCUT2D eigenvalue weighted by Gasteiger charge is -2.16. The van der Waals surface area contributed by atoms with Crippen molar-refractivity contribution in [2.24, 2.45) is 11.8 Å². The number of likely N-dealkylation sites (tertiary alicyclic amines) is 1. The monoisotopic (exact) mass is 282 g/mol. The third-order valence-electron chi connectivity index (χ3n) is 4.25. The number of carbonyl (C=O) groups excluding carboxylic acids is 2. The molecule has 2 aliphatic rings. The SMILES string of the molecule is O=C(O)C1CCC(C(=O)NCCC(=O)N2CCCC2)C1. The van der Waals surface area contributed by atoms with Crippen LogP contribution in [0.15, 0.2) is 0 Å². The smallest absolute Gasteiger partial charge is 0.306 e. The van der Waals surface area contributed by atoms with Crippen LogP contribution in [0.2, 0.25) is 0 Å². The third kappa shape index (κ3) is 3.71. The number of amides is 2. The zero-order chi connectivity index (χ0) is 14.5. The van der Waals surface area contributed by atoms with Gasteiger partial charge in [0.25, 0.3) is 0 Å². The summed E-state index contributed by atoms with van der Waals surface area (Å²) < 4.78 is 0. The van der Waals surface area contributed by atoms with Gasteiger partial charge in [0.15, 0.2) is 0 Å². The van der Waals surface area contributed by atoms with Crippen LogP contribution in [-0.4, -0.2) is 47.4 Å². The van der Waals surface area contributed by atoms with E-state index in [1.165, 1.54) is 0 Å². The molecule has 2 fully saturated rings. The van der Waals surface area contributed by atoms with Crippen molar-refractivity contribution in [3.63, 3.8) is 0 Å². The summed E-state index contributed by atoms with van der Waals surface area (Å²) >= 11 is 0. The first kappa shape index (κ1) is 14.8. The highest BCUT2D eigenvalue weighted by molar-refractivity contribution is 5.82. The molecule has 2 atom stereocenters. The Balaban J connectivity index is 1.65. The summed E-state index contributed by atoms with van der Waals surface area (Å²) in [6.45, 7) is 2.01. The molecular formula is C14H22N2O4. The fourth-order valence-electron chi connectivity index (χ4n) is 3.01. The van der Waals surface area contributed by atoms with Crippen LogP contribution in [0.1, 0.15) is 38.5 Å². The van der Waals surface area contributed by atoms with Crippen LogP contribution in [0.4, 0.5) is 0 Å². The van der Waals surface area contributed by atoms with Gasteiger partial charge in [-0.25, -0.2) is 0 Å². The summed E-state index contributed by atoms with van der Waals surface area (Å²) in [5, 5.41) is 11.7. The molecule has 1 saturated carbocycles. The summed E-state index contributed by atoms with van der Waals surface area (Å²) in [5.41, 5.74) is 0. The second-order valence-electron chi connectivity index (χ2n) is 5.67. The molecule has 2 amide bonds. The van der Waals surface area contributed by atoms with Gasteiger partial charge in [0.2, 0.25) is 11.8 Å². The summed E-state index contributed by atoms with van der Waals surface area (Å²) in [6, 6.07) is 0. The van der Waals surface area contributed by atoms with Gasteiger partial charge < -0.3 is 15.3 Å². The van der Waals surface area contributed by atoms with E-state index in [1.54, 1.807) is 0 Å². The van der Waals surface area contributed by atoms with Crippen LogP contribution >= 0.6 is 0 Å². The van der Waals surface area contributed by atoms with E-state index in [1.807, 2.05) is 4.90 Å². The van der Waals surface area contributed by atoms with E-state index in [0.29, 0.717) is 32.2 Å². The summed E-state index contributed by atoms with van der Waals surface area (Å²) in [7, 11) is 0. The van der Waals surface area contributed by atoms with Gasteiger partial charge in [-0.2, -0.15) is 0 Å². The number of nitrogens with zero attached hydrogens (tertiary/aromatic N) is 1. The van der Waals surface area contributed by atoms with Crippen molar-refractivity contribution in [3.05, 3.63) is 0 Å². The van der Waals surface area contributed by atoms with Crippen LogP contribution in [0.3, 0.4) is 0 Å². The molecule has 1 aliphatic heterocycles. The molecule has 0 radical (unpaired) electrons. The van der Waals surface area contributed by atoms with Crippen molar-refractivity contribution in [2.75, 3.05) is 19.6 Å². The number of hydrogen-bond acceptors (Lipinski definition) is 3. The Kier molecular flexibility index (Phi) is 4.98. The van der Waals surface area contributed by atoms with Crippen molar-refractivity contribution in [2.45, 2.75) is 38.5 Å². The number of aliphatic carboxylic acids is 1. The number of rotatable bonds is 5. The first-order valence-corrected chi connectivity index (χ1v) is 7.36. The quantitative estimate of drug-likeness (QED) is 0.773. The lowest BCUT2D eigenvalue weighted by Crippen LogP contribution is -2.35. The van der Waals surface area contributed by atoms with Crippen LogP contribution < -0.4 is 5.32 Å². The van der Waals surface area contributed by atoms with E-state index in [4.69, 9.17) is 5.11 Å². The molecule has 0 spiro atoms. The molecule has 2 rings (SSSR count). The first-order chi connectivity index (χ1) is 9.58. The molecule has 1 heterocycles. The molecule has 1 saturated heterocycles. The average Bonchev–Trinajstić information content (AvgIpc) is 3.09. The zero-order valence-corrected chi connectivity index (χ0v) is 11.6. The van der Waals surface area contributed by atoms with Crippen molar-refractivity contribution < 1.29 is 19.5 Å². The van der Waals surface area contributed by atoms with Crippen LogP contribution in [0.5, 0.6) is 0 Å². The lowest BCUT2D eigenvalue weighted by molar-refractivity contribution is -0.141. The Labute approximate surface area is 118 Å². The average molecular weight is 282 g/mol. The highest BCUT2D eigenvalue weighted by Crippen LogP contribution is 2.31. The first-order valence-electron chi connectivity index (χ1n) is 7.36. The van der Waals surface area contributed by atoms with Gasteiger partial charge in [-0.05, 0) is 32.1 Å². The van der Waals surface area contributed by atoms with Crippen molar-refractivity contribution in [3.8, 4) is 0 Å². The Bertz CT molecular complexity index is 391. The van der Waals surface area contributed by atoms with Crippen LogP contribution in [0, 0.1) is 11.8 Å². The van der Waals surface area contributed by atoms with Gasteiger partial charge in [-0.15, -0.1) is 0 Å². The molecule has 0 aromatic rings. The molecule has 0 aromatic heterocycles. The fourth-order valence-corrected chi connectivity index (χ4v) is 3.01. The van der Waals surface area contributed by atoms with Crippen molar-refractivity contribution >= 4 is 17.8 Å². The van der Waals surface area contributed by atoms with Crippen LogP contribution in [-0.2, 0) is 14.4 Å². The van der Waals surface area contributed by atoms with E-state index >= 15 is 0 Å². The predicted octanol–water partition coefficient (Wildman–Crippen LogP) is 0.616. The molecule has 0 aromatic carbocycles. The Hall–Kier alpha value is -1.59. The third-order valence-corrected chi connectivity index (χ3v) is 4.25. The maximum Gasteiger partial charge on any atom is 0.306 e. The highest BCUT2D eigenvalue weighted by atomic mass is 16.4. The second-order valence-corrected chi connectivity index (χ2v) is 5.67. The summed E-state index contributed by atoms with van der Waals surface area (Å²) in [4.78, 5) is 36.3. The molecule has 2 unspecified atom stereocenters. The molecular weight excluding hydrogens is 260 g/mol. The number of carbonyl (C=O) groups is 3. The van der Waals surface area contributed by atoms with E-state index in [-0.39, 0.29) is 17.7 Å². The Morgan fingerprint density at radius 2 is 1.75 bits per heavy atom. The standard InChI is InChI=1S/C14H22N2O4/c17-12(16-7-1-2-8-16)5-6-15-13(18)10-3-4-11(9-10)14(19)20/h10-11H,1-9H2,(H,15,18)(H,19,20). The predicted molar refractivity (Wildman–Crippen MR) is 71.9 cm³/mol. The van der Waals surface area contributed by atoms with Crippen LogP contribution in [0.25, 0.3) is 0 Å². The van der Waals surface area contributed by atoms with E-state index in [2.05, 4.69) is 5.32 Å². The normalized spacial score (nSPS) is 25.7. The van der Waals surface area contributed by atoms with Gasteiger partial charge in [-0.3, -0.25) is 14.4 Å². The topological polar surface area (TPSA) is 86.7 Å².